The van der Waals surface area contributed by atoms with E-state index < -0.39 is 19.6 Å². The predicted molar refractivity (Wildman–Crippen MR) is 101 cm³/mol. The molecule has 1 unspecified atom stereocenters. The van der Waals surface area contributed by atoms with Gasteiger partial charge in [-0.1, -0.05) is 0 Å². The van der Waals surface area contributed by atoms with Crippen LogP contribution in [0.25, 0.3) is 6.08 Å². The molecule has 0 saturated heterocycles. The average Bonchev–Trinajstić information content (AvgIpc) is 3.21. The summed E-state index contributed by atoms with van der Waals surface area (Å²) in [7, 11) is 14.3. The van der Waals surface area contributed by atoms with Crippen LogP contribution in [0.2, 0.25) is 13.1 Å². The number of fused-ring (bicyclic) bond motifs is 1. The van der Waals surface area contributed by atoms with E-state index in [-0.39, 0.29) is 11.6 Å². The molecule has 0 amide bonds. The fraction of sp³-hybridized carbons (Fsp3) is 0.556. The van der Waals surface area contributed by atoms with Crippen LogP contribution < -0.4 is 0 Å². The molecule has 0 N–H and O–H groups in total. The number of rotatable bonds is 3. The first kappa shape index (κ1) is 18.2. The molecule has 1 aromatic rings. The molecule has 125 valence electrons. The Kier molecular flexibility index (Phi) is 5.00. The van der Waals surface area contributed by atoms with Crippen molar-refractivity contribution in [2.24, 2.45) is 5.92 Å². The van der Waals surface area contributed by atoms with Crippen molar-refractivity contribution in [3.8, 4) is 0 Å². The van der Waals surface area contributed by atoms with Gasteiger partial charge in [0.15, 0.2) is 0 Å². The second kappa shape index (κ2) is 6.30. The van der Waals surface area contributed by atoms with Gasteiger partial charge >= 0.3 is 153 Å². The Bertz CT molecular complexity index is 706. The Morgan fingerprint density at radius 3 is 2.26 bits per heavy atom. The monoisotopic (exact) mass is 402 g/mol. The number of nitrogens with zero attached hydrogens (tertiary/aromatic N) is 1. The maximum atomic E-state index is 7.16. The first-order chi connectivity index (χ1) is 10.6. The fourth-order valence-electron chi connectivity index (χ4n) is 3.59. The summed E-state index contributed by atoms with van der Waals surface area (Å²) in [5.41, 5.74) is 4.30. The summed E-state index contributed by atoms with van der Waals surface area (Å²) in [5.74, 6) is 0.730. The van der Waals surface area contributed by atoms with Gasteiger partial charge in [-0.15, -0.1) is 0 Å². The third-order valence-electron chi connectivity index (χ3n) is 4.86. The molecule has 0 aromatic heterocycles. The van der Waals surface area contributed by atoms with Gasteiger partial charge < -0.3 is 0 Å². The van der Waals surface area contributed by atoms with E-state index in [0.29, 0.717) is 0 Å². The number of hydrogen-bond acceptors (Lipinski definition) is 1. The molecule has 0 heterocycles. The standard InChI is InChI=1S/C16H20N.C2H6Si.2ClH.Ti/c1-16(2,3)17-15-13-7-5-4-6-12(13)10-14(15)11-8-9-11;1-3-2;;;/h4-7,10-11,15H,8-9H2,1-3H3;1-2H3;2*1H;/q-1;;;;+3/p-2. The predicted octanol–water partition coefficient (Wildman–Crippen LogP) is 6.26. The number of hydrogen-bond donors (Lipinski definition) is 0. The van der Waals surface area contributed by atoms with Gasteiger partial charge in [0.1, 0.15) is 0 Å². The molecule has 1 fully saturated rings. The van der Waals surface area contributed by atoms with Gasteiger partial charge in [0.2, 0.25) is 0 Å². The van der Waals surface area contributed by atoms with Crippen molar-refractivity contribution in [2.75, 3.05) is 0 Å². The second-order valence-electron chi connectivity index (χ2n) is 8.03. The molecule has 1 atom stereocenters. The van der Waals surface area contributed by atoms with Crippen molar-refractivity contribution in [1.29, 1.82) is 0 Å². The van der Waals surface area contributed by atoms with Crippen LogP contribution in [0, 0.1) is 5.92 Å². The molecule has 23 heavy (non-hydrogen) atoms. The third kappa shape index (κ3) is 3.41. The summed E-state index contributed by atoms with van der Waals surface area (Å²) in [5, 5.41) is 0. The normalized spacial score (nSPS) is 21.4. The average molecular weight is 403 g/mol. The quantitative estimate of drug-likeness (QED) is 0.539. The summed E-state index contributed by atoms with van der Waals surface area (Å²) in [6, 6.07) is 9.08. The zero-order valence-corrected chi connectivity index (χ0v) is 18.7. The van der Waals surface area contributed by atoms with E-state index >= 15 is 0 Å². The topological polar surface area (TPSA) is 3.24 Å². The summed E-state index contributed by atoms with van der Waals surface area (Å²) in [4.78, 5) is 0. The van der Waals surface area contributed by atoms with Crippen LogP contribution in [0.15, 0.2) is 29.8 Å². The van der Waals surface area contributed by atoms with Gasteiger partial charge in [-0.25, -0.2) is 0 Å². The molecule has 0 spiro atoms. The minimum absolute atomic E-state index is 0.0263. The Hall–Kier alpha value is 0.431. The SMILES string of the molecule is C[Si](C)=[Ti]([Cl])([Cl])[N](C1C(C2CC2)=Cc2ccccc21)C(C)(C)C. The van der Waals surface area contributed by atoms with Crippen LogP contribution in [0.3, 0.4) is 0 Å². The molecule has 5 heteroatoms. The zero-order chi connectivity index (χ0) is 17.0. The van der Waals surface area contributed by atoms with E-state index in [4.69, 9.17) is 18.6 Å². The van der Waals surface area contributed by atoms with E-state index in [0.717, 1.165) is 5.92 Å². The molecule has 0 bridgehead atoms. The van der Waals surface area contributed by atoms with Crippen LogP contribution in [0.4, 0.5) is 0 Å². The van der Waals surface area contributed by atoms with E-state index in [1.165, 1.54) is 24.0 Å². The van der Waals surface area contributed by atoms with Crippen LogP contribution in [-0.4, -0.2) is 15.1 Å². The van der Waals surface area contributed by atoms with Gasteiger partial charge in [0, 0.05) is 0 Å². The summed E-state index contributed by atoms with van der Waals surface area (Å²) >= 11 is -3.09. The summed E-state index contributed by atoms with van der Waals surface area (Å²) in [6.07, 6.45) is 4.30. The van der Waals surface area contributed by atoms with Crippen molar-refractivity contribution < 1.29 is 13.5 Å². The first-order valence-corrected chi connectivity index (χ1v) is 18.3. The van der Waals surface area contributed by atoms with Crippen LogP contribution in [0.5, 0.6) is 0 Å². The number of halogens is 2. The van der Waals surface area contributed by atoms with Crippen molar-refractivity contribution in [3.05, 3.63) is 41.0 Å². The molecular formula is C18H26Cl2NSiTi. The Morgan fingerprint density at radius 2 is 1.74 bits per heavy atom. The zero-order valence-electron chi connectivity index (χ0n) is 14.7. The first-order valence-electron chi connectivity index (χ1n) is 8.42. The molecule has 3 rings (SSSR count). The molecule has 1 saturated carbocycles. The van der Waals surface area contributed by atoms with Crippen molar-refractivity contribution in [2.45, 2.75) is 58.3 Å². The molecule has 1 aromatic carbocycles. The second-order valence-corrected chi connectivity index (χ2v) is 28.1. The van der Waals surface area contributed by atoms with E-state index in [9.17, 15) is 0 Å². The molecular weight excluding hydrogens is 377 g/mol. The Labute approximate surface area is 152 Å². The molecule has 1 nitrogen and oxygen atoms in total. The van der Waals surface area contributed by atoms with Gasteiger partial charge in [-0.2, -0.15) is 0 Å². The fourth-order valence-corrected chi connectivity index (χ4v) is 13.4. The molecule has 2 aliphatic rings. The summed E-state index contributed by atoms with van der Waals surface area (Å²) in [6.45, 7) is 11.4. The van der Waals surface area contributed by atoms with Gasteiger partial charge in [-0.05, 0) is 0 Å². The van der Waals surface area contributed by atoms with Crippen LogP contribution in [-0.2, 0) is 13.5 Å². The third-order valence-corrected chi connectivity index (χ3v) is 25.9. The van der Waals surface area contributed by atoms with Crippen molar-refractivity contribution in [1.82, 2.24) is 3.38 Å². The molecule has 2 aliphatic carbocycles. The molecule has 0 radical (unpaired) electrons. The maximum absolute atomic E-state index is 7.16. The van der Waals surface area contributed by atoms with Crippen LogP contribution >= 0.6 is 18.6 Å². The molecule has 0 aliphatic heterocycles. The minimum atomic E-state index is -3.09. The van der Waals surface area contributed by atoms with Crippen LogP contribution in [0.1, 0.15) is 50.8 Å². The van der Waals surface area contributed by atoms with Gasteiger partial charge in [0.05, 0.1) is 0 Å². The van der Waals surface area contributed by atoms with Crippen molar-refractivity contribution >= 4 is 30.9 Å². The van der Waals surface area contributed by atoms with Gasteiger partial charge in [-0.3, -0.25) is 0 Å². The summed E-state index contributed by atoms with van der Waals surface area (Å²) < 4.78 is 2.56. The van der Waals surface area contributed by atoms with Crippen molar-refractivity contribution in [3.63, 3.8) is 0 Å². The van der Waals surface area contributed by atoms with Gasteiger partial charge in [0.25, 0.3) is 0 Å². The Balaban J connectivity index is 2.19. The van der Waals surface area contributed by atoms with E-state index in [1.807, 2.05) is 0 Å². The Morgan fingerprint density at radius 1 is 1.13 bits per heavy atom. The van der Waals surface area contributed by atoms with E-state index in [1.54, 1.807) is 5.57 Å². The number of benzene rings is 1. The van der Waals surface area contributed by atoms with E-state index in [2.05, 4.69) is 67.6 Å².